The first-order valence-corrected chi connectivity index (χ1v) is 5.92. The van der Waals surface area contributed by atoms with Crippen LogP contribution in [-0.4, -0.2) is 13.1 Å². The Labute approximate surface area is 112 Å². The molecule has 98 valence electrons. The van der Waals surface area contributed by atoms with Crippen molar-refractivity contribution >= 4 is 23.0 Å². The Morgan fingerprint density at radius 3 is 2.63 bits per heavy atom. The molecule has 2 aromatic carbocycles. The first-order valence-electron chi connectivity index (χ1n) is 5.92. The maximum Gasteiger partial charge on any atom is 0.338 e. The summed E-state index contributed by atoms with van der Waals surface area (Å²) >= 11 is 0. The topological polar surface area (TPSA) is 64.3 Å². The molecule has 0 radical (unpaired) electrons. The van der Waals surface area contributed by atoms with E-state index >= 15 is 0 Å². The lowest BCUT2D eigenvalue weighted by Gasteiger charge is -2.11. The molecule has 3 N–H and O–H groups in total. The molecule has 0 spiro atoms. The van der Waals surface area contributed by atoms with Crippen molar-refractivity contribution in [2.45, 2.75) is 6.92 Å². The molecule has 0 saturated heterocycles. The number of benzene rings is 2. The van der Waals surface area contributed by atoms with Crippen LogP contribution in [0.2, 0.25) is 0 Å². The van der Waals surface area contributed by atoms with Crippen LogP contribution in [0.15, 0.2) is 42.5 Å². The number of esters is 1. The number of rotatable bonds is 3. The summed E-state index contributed by atoms with van der Waals surface area (Å²) in [5.74, 6) is -0.345. The van der Waals surface area contributed by atoms with Crippen LogP contribution in [0, 0.1) is 6.92 Å². The molecule has 0 bridgehead atoms. The van der Waals surface area contributed by atoms with Crippen LogP contribution in [0.1, 0.15) is 15.9 Å². The first-order chi connectivity index (χ1) is 9.11. The van der Waals surface area contributed by atoms with Crippen molar-refractivity contribution in [2.75, 3.05) is 18.2 Å². The minimum atomic E-state index is -0.345. The van der Waals surface area contributed by atoms with E-state index in [0.29, 0.717) is 11.3 Å². The van der Waals surface area contributed by atoms with E-state index in [1.54, 1.807) is 6.07 Å². The molecule has 0 amide bonds. The molecule has 2 rings (SSSR count). The number of nitrogens with two attached hydrogens (primary N) is 1. The van der Waals surface area contributed by atoms with Gasteiger partial charge >= 0.3 is 5.97 Å². The molecule has 0 aliphatic rings. The van der Waals surface area contributed by atoms with E-state index in [4.69, 9.17) is 10.5 Å². The Bertz CT molecular complexity index is 609. The first kappa shape index (κ1) is 13.0. The Morgan fingerprint density at radius 1 is 1.21 bits per heavy atom. The van der Waals surface area contributed by atoms with E-state index in [9.17, 15) is 4.79 Å². The number of para-hydroxylation sites is 2. The lowest BCUT2D eigenvalue weighted by atomic mass is 10.1. The second-order valence-corrected chi connectivity index (χ2v) is 4.23. The molecule has 0 heterocycles. The number of methoxy groups -OCH3 is 1. The van der Waals surface area contributed by atoms with Gasteiger partial charge in [-0.1, -0.05) is 18.2 Å². The third-order valence-corrected chi connectivity index (χ3v) is 2.88. The van der Waals surface area contributed by atoms with Crippen molar-refractivity contribution in [1.82, 2.24) is 0 Å². The highest BCUT2D eigenvalue weighted by Crippen LogP contribution is 2.24. The van der Waals surface area contributed by atoms with Gasteiger partial charge in [-0.2, -0.15) is 0 Å². The normalized spacial score (nSPS) is 10.0. The largest absolute Gasteiger partial charge is 0.465 e. The van der Waals surface area contributed by atoms with Gasteiger partial charge in [0.05, 0.1) is 24.0 Å². The van der Waals surface area contributed by atoms with Gasteiger partial charge in [0.25, 0.3) is 0 Å². The van der Waals surface area contributed by atoms with Crippen molar-refractivity contribution in [2.24, 2.45) is 0 Å². The summed E-state index contributed by atoms with van der Waals surface area (Å²) in [6.07, 6.45) is 0. The third kappa shape index (κ3) is 2.85. The summed E-state index contributed by atoms with van der Waals surface area (Å²) in [4.78, 5) is 11.6. The van der Waals surface area contributed by atoms with Gasteiger partial charge in [-0.25, -0.2) is 4.79 Å². The molecule has 0 aromatic heterocycles. The molecular formula is C15H16N2O2. The highest BCUT2D eigenvalue weighted by molar-refractivity contribution is 5.92. The summed E-state index contributed by atoms with van der Waals surface area (Å²) in [7, 11) is 1.37. The average molecular weight is 256 g/mol. The fourth-order valence-electron chi connectivity index (χ4n) is 1.80. The number of hydrogen-bond donors (Lipinski definition) is 2. The molecule has 0 aliphatic carbocycles. The monoisotopic (exact) mass is 256 g/mol. The average Bonchev–Trinajstić information content (AvgIpc) is 2.42. The van der Waals surface area contributed by atoms with Crippen LogP contribution in [0.5, 0.6) is 0 Å². The maximum absolute atomic E-state index is 11.6. The summed E-state index contributed by atoms with van der Waals surface area (Å²) in [6.45, 7) is 1.87. The second kappa shape index (κ2) is 5.44. The zero-order chi connectivity index (χ0) is 13.8. The summed E-state index contributed by atoms with van der Waals surface area (Å²) in [6, 6.07) is 13.0. The van der Waals surface area contributed by atoms with Gasteiger partial charge in [-0.05, 0) is 36.8 Å². The highest BCUT2D eigenvalue weighted by Gasteiger charge is 2.10. The minimum Gasteiger partial charge on any atom is -0.465 e. The summed E-state index contributed by atoms with van der Waals surface area (Å²) in [5.41, 5.74) is 9.54. The number of ether oxygens (including phenoxy) is 1. The molecular weight excluding hydrogens is 240 g/mol. The second-order valence-electron chi connectivity index (χ2n) is 4.23. The van der Waals surface area contributed by atoms with Crippen LogP contribution in [-0.2, 0) is 4.74 Å². The van der Waals surface area contributed by atoms with Crippen molar-refractivity contribution in [3.63, 3.8) is 0 Å². The summed E-state index contributed by atoms with van der Waals surface area (Å²) < 4.78 is 4.75. The number of aryl methyl sites for hydroxylation is 1. The third-order valence-electron chi connectivity index (χ3n) is 2.88. The molecule has 4 heteroatoms. The van der Waals surface area contributed by atoms with Crippen LogP contribution >= 0.6 is 0 Å². The predicted molar refractivity (Wildman–Crippen MR) is 76.7 cm³/mol. The van der Waals surface area contributed by atoms with Gasteiger partial charge in [0, 0.05) is 5.69 Å². The van der Waals surface area contributed by atoms with Gasteiger partial charge in [0.15, 0.2) is 0 Å². The number of nitrogens with one attached hydrogen (secondary N) is 1. The number of carbonyl (C=O) groups is 1. The van der Waals surface area contributed by atoms with Crippen molar-refractivity contribution < 1.29 is 9.53 Å². The smallest absolute Gasteiger partial charge is 0.338 e. The number of anilines is 3. The van der Waals surface area contributed by atoms with Gasteiger partial charge in [0.2, 0.25) is 0 Å². The molecule has 0 aliphatic heterocycles. The molecule has 4 nitrogen and oxygen atoms in total. The molecule has 2 aromatic rings. The van der Waals surface area contributed by atoms with E-state index in [0.717, 1.165) is 16.9 Å². The number of hydrogen-bond acceptors (Lipinski definition) is 4. The molecule has 19 heavy (non-hydrogen) atoms. The SMILES string of the molecule is COC(=O)c1cc(Nc2ccccc2N)ccc1C. The minimum absolute atomic E-state index is 0.345. The van der Waals surface area contributed by atoms with Gasteiger partial charge < -0.3 is 15.8 Å². The molecule has 0 fully saturated rings. The predicted octanol–water partition coefficient (Wildman–Crippen LogP) is 3.11. The van der Waals surface area contributed by atoms with E-state index in [1.165, 1.54) is 7.11 Å². The number of carbonyl (C=O) groups excluding carboxylic acids is 1. The zero-order valence-corrected chi connectivity index (χ0v) is 10.9. The van der Waals surface area contributed by atoms with E-state index in [2.05, 4.69) is 5.32 Å². The molecule has 0 unspecified atom stereocenters. The fraction of sp³-hybridized carbons (Fsp3) is 0.133. The Morgan fingerprint density at radius 2 is 1.95 bits per heavy atom. The van der Waals surface area contributed by atoms with E-state index in [1.807, 2.05) is 43.3 Å². The van der Waals surface area contributed by atoms with E-state index in [-0.39, 0.29) is 5.97 Å². The van der Waals surface area contributed by atoms with Crippen molar-refractivity contribution in [3.8, 4) is 0 Å². The van der Waals surface area contributed by atoms with Crippen LogP contribution in [0.25, 0.3) is 0 Å². The van der Waals surface area contributed by atoms with Gasteiger partial charge in [0.1, 0.15) is 0 Å². The number of nitrogen functional groups attached to an aromatic ring is 1. The van der Waals surface area contributed by atoms with Gasteiger partial charge in [-0.15, -0.1) is 0 Å². The van der Waals surface area contributed by atoms with E-state index < -0.39 is 0 Å². The van der Waals surface area contributed by atoms with Crippen molar-refractivity contribution in [1.29, 1.82) is 0 Å². The molecule has 0 atom stereocenters. The fourth-order valence-corrected chi connectivity index (χ4v) is 1.80. The van der Waals surface area contributed by atoms with Crippen LogP contribution in [0.4, 0.5) is 17.1 Å². The Balaban J connectivity index is 2.32. The van der Waals surface area contributed by atoms with Crippen LogP contribution < -0.4 is 11.1 Å². The van der Waals surface area contributed by atoms with Crippen LogP contribution in [0.3, 0.4) is 0 Å². The lowest BCUT2D eigenvalue weighted by molar-refractivity contribution is 0.0600. The lowest BCUT2D eigenvalue weighted by Crippen LogP contribution is -2.05. The van der Waals surface area contributed by atoms with Gasteiger partial charge in [-0.3, -0.25) is 0 Å². The highest BCUT2D eigenvalue weighted by atomic mass is 16.5. The molecule has 0 saturated carbocycles. The maximum atomic E-state index is 11.6. The standard InChI is InChI=1S/C15H16N2O2/c1-10-7-8-11(9-12(10)15(18)19-2)17-14-6-4-3-5-13(14)16/h3-9,17H,16H2,1-2H3. The van der Waals surface area contributed by atoms with Crippen molar-refractivity contribution in [3.05, 3.63) is 53.6 Å². The summed E-state index contributed by atoms with van der Waals surface area (Å²) in [5, 5.41) is 3.19. The quantitative estimate of drug-likeness (QED) is 0.654. The Kier molecular flexibility index (Phi) is 3.71. The zero-order valence-electron chi connectivity index (χ0n) is 10.9. The Hall–Kier alpha value is -2.49.